The average molecular weight is 499 g/mol. The fourth-order valence-corrected chi connectivity index (χ4v) is 4.96. The van der Waals surface area contributed by atoms with E-state index in [0.29, 0.717) is 5.11 Å². The van der Waals surface area contributed by atoms with E-state index >= 15 is 0 Å². The minimum absolute atomic E-state index is 0.0531. The molecule has 182 valence electrons. The van der Waals surface area contributed by atoms with E-state index in [9.17, 15) is 10.1 Å². The first-order valence-corrected chi connectivity index (χ1v) is 12.2. The summed E-state index contributed by atoms with van der Waals surface area (Å²) in [4.78, 5) is 17.8. The van der Waals surface area contributed by atoms with Crippen LogP contribution in [-0.4, -0.2) is 37.6 Å². The number of hydrogen-bond donors (Lipinski definition) is 2. The molecule has 0 unspecified atom stereocenters. The van der Waals surface area contributed by atoms with Crippen molar-refractivity contribution in [2.75, 3.05) is 18.4 Å². The van der Waals surface area contributed by atoms with Gasteiger partial charge >= 0.3 is 0 Å². The second-order valence-corrected chi connectivity index (χ2v) is 8.93. The van der Waals surface area contributed by atoms with Crippen LogP contribution in [0.1, 0.15) is 29.9 Å². The predicted octanol–water partition coefficient (Wildman–Crippen LogP) is 5.26. The van der Waals surface area contributed by atoms with Crippen LogP contribution in [0.5, 0.6) is 0 Å². The summed E-state index contributed by atoms with van der Waals surface area (Å²) in [5.74, 6) is 0. The van der Waals surface area contributed by atoms with E-state index < -0.39 is 0 Å². The van der Waals surface area contributed by atoms with Crippen LogP contribution in [0.15, 0.2) is 97.3 Å². The largest absolute Gasteiger partial charge is 0.385 e. The van der Waals surface area contributed by atoms with Crippen molar-refractivity contribution in [3.63, 3.8) is 0 Å². The second-order valence-electron chi connectivity index (χ2n) is 8.55. The molecule has 1 fully saturated rings. The monoisotopic (exact) mass is 498 g/mol. The molecule has 0 aliphatic carbocycles. The number of aromatic nitrogens is 2. The lowest BCUT2D eigenvalue weighted by atomic mass is 10.0. The molecule has 1 saturated heterocycles. The molecule has 0 saturated carbocycles. The third kappa shape index (κ3) is 4.92. The first-order valence-electron chi connectivity index (χ1n) is 11.8. The highest BCUT2D eigenvalue weighted by Crippen LogP contribution is 2.39. The fourth-order valence-electron chi connectivity index (χ4n) is 4.63. The number of nitrogens with zero attached hydrogens (tertiary/aromatic N) is 4. The molecule has 2 aromatic heterocycles. The summed E-state index contributed by atoms with van der Waals surface area (Å²) < 4.78 is 2.00. The number of pyridine rings is 1. The van der Waals surface area contributed by atoms with E-state index in [-0.39, 0.29) is 22.7 Å². The normalized spacial score (nSPS) is 17.1. The maximum absolute atomic E-state index is 11.4. The second kappa shape index (κ2) is 10.6. The molecule has 5 rings (SSSR count). The molecule has 3 heterocycles. The zero-order valence-corrected chi connectivity index (χ0v) is 20.3. The molecule has 8 nitrogen and oxygen atoms in total. The molecule has 2 aromatic carbocycles. The summed E-state index contributed by atoms with van der Waals surface area (Å²) in [6, 6.07) is 26.4. The number of nitro groups is 1. The van der Waals surface area contributed by atoms with Gasteiger partial charge in [-0.3, -0.25) is 15.1 Å². The van der Waals surface area contributed by atoms with Crippen LogP contribution in [0, 0.1) is 10.1 Å². The highest BCUT2D eigenvalue weighted by Gasteiger charge is 2.41. The highest BCUT2D eigenvalue weighted by molar-refractivity contribution is 7.80. The molecule has 36 heavy (non-hydrogen) atoms. The molecule has 4 aromatic rings. The van der Waals surface area contributed by atoms with Gasteiger partial charge < -0.3 is 20.1 Å². The molecule has 0 amide bonds. The summed E-state index contributed by atoms with van der Waals surface area (Å²) in [6.07, 6.45) is 4.59. The summed E-state index contributed by atoms with van der Waals surface area (Å²) in [7, 11) is 0. The van der Waals surface area contributed by atoms with Crippen LogP contribution < -0.4 is 10.6 Å². The molecule has 1 aliphatic heterocycles. The topological polar surface area (TPSA) is 88.3 Å². The number of hydrogen-bond acceptors (Lipinski definition) is 5. The maximum atomic E-state index is 11.4. The van der Waals surface area contributed by atoms with Crippen molar-refractivity contribution < 1.29 is 4.92 Å². The summed E-state index contributed by atoms with van der Waals surface area (Å²) in [5.41, 5.74) is 3.74. The van der Waals surface area contributed by atoms with Gasteiger partial charge in [-0.1, -0.05) is 30.3 Å². The lowest BCUT2D eigenvalue weighted by Gasteiger charge is -2.29. The number of rotatable bonds is 9. The van der Waals surface area contributed by atoms with Crippen molar-refractivity contribution in [1.82, 2.24) is 19.8 Å². The van der Waals surface area contributed by atoms with E-state index in [1.165, 1.54) is 6.07 Å². The average Bonchev–Trinajstić information content (AvgIpc) is 3.52. The first-order chi connectivity index (χ1) is 17.6. The Morgan fingerprint density at radius 3 is 2.64 bits per heavy atom. The zero-order chi connectivity index (χ0) is 24.9. The van der Waals surface area contributed by atoms with Crippen molar-refractivity contribution in [2.45, 2.75) is 18.5 Å². The number of non-ortho nitro benzene ring substituents is 1. The third-order valence-corrected chi connectivity index (χ3v) is 6.63. The molecular formula is C27H26N6O2S. The van der Waals surface area contributed by atoms with Crippen LogP contribution in [0.4, 0.5) is 11.4 Å². The SMILES string of the molecule is O=[N+]([O-])c1cccc(-n2cccc2[C@H]2[C@H](c3ccccn3)NC(=S)N2CCCNc2ccccc2)c1. The van der Waals surface area contributed by atoms with Crippen LogP contribution in [-0.2, 0) is 0 Å². The molecule has 2 N–H and O–H groups in total. The molecule has 0 spiro atoms. The molecule has 9 heteroatoms. The van der Waals surface area contributed by atoms with Crippen LogP contribution >= 0.6 is 12.2 Å². The van der Waals surface area contributed by atoms with E-state index in [4.69, 9.17) is 12.2 Å². The van der Waals surface area contributed by atoms with Crippen molar-refractivity contribution in [2.24, 2.45) is 0 Å². The van der Waals surface area contributed by atoms with Crippen LogP contribution in [0.2, 0.25) is 0 Å². The Hall–Kier alpha value is -4.24. The van der Waals surface area contributed by atoms with Gasteiger partial charge in [-0.05, 0) is 61.1 Å². The van der Waals surface area contributed by atoms with Gasteiger partial charge in [0, 0.05) is 49.0 Å². The van der Waals surface area contributed by atoms with Gasteiger partial charge in [-0.25, -0.2) is 0 Å². The number of nitrogens with one attached hydrogen (secondary N) is 2. The Morgan fingerprint density at radius 1 is 1.03 bits per heavy atom. The molecule has 2 atom stereocenters. The van der Waals surface area contributed by atoms with Gasteiger partial charge in [-0.15, -0.1) is 0 Å². The first kappa shape index (κ1) is 23.5. The fraction of sp³-hybridized carbons (Fsp3) is 0.185. The van der Waals surface area contributed by atoms with Gasteiger partial charge in [0.2, 0.25) is 0 Å². The van der Waals surface area contributed by atoms with Crippen molar-refractivity contribution >= 4 is 28.7 Å². The predicted molar refractivity (Wildman–Crippen MR) is 144 cm³/mol. The van der Waals surface area contributed by atoms with E-state index in [1.807, 2.05) is 77.5 Å². The quantitative estimate of drug-likeness (QED) is 0.141. The number of para-hydroxylation sites is 1. The Morgan fingerprint density at radius 2 is 1.86 bits per heavy atom. The van der Waals surface area contributed by atoms with E-state index in [0.717, 1.165) is 42.3 Å². The lowest BCUT2D eigenvalue weighted by molar-refractivity contribution is -0.384. The number of nitro benzene ring substituents is 1. The maximum Gasteiger partial charge on any atom is 0.271 e. The Kier molecular flexibility index (Phi) is 6.90. The third-order valence-electron chi connectivity index (χ3n) is 6.28. The molecule has 1 aliphatic rings. The standard InChI is InChI=1S/C27H26N6O2S/c34-33(35)22-12-6-11-21(19-22)31-17-7-14-24(31)26-25(23-13-4-5-15-29-23)30-27(36)32(26)18-8-16-28-20-9-2-1-3-10-20/h1-7,9-15,17,19,25-26,28H,8,16,18H2,(H,30,36)/t25-,26-/m0/s1. The Labute approximate surface area is 214 Å². The van der Waals surface area contributed by atoms with Gasteiger partial charge in [0.15, 0.2) is 5.11 Å². The smallest absolute Gasteiger partial charge is 0.271 e. The molecular weight excluding hydrogens is 472 g/mol. The van der Waals surface area contributed by atoms with E-state index in [2.05, 4.69) is 20.5 Å². The number of benzene rings is 2. The molecule has 0 bridgehead atoms. The summed E-state index contributed by atoms with van der Waals surface area (Å²) in [6.45, 7) is 1.54. The number of thiocarbonyl (C=S) groups is 1. The Balaban J connectivity index is 1.44. The summed E-state index contributed by atoms with van der Waals surface area (Å²) in [5, 5.41) is 19.0. The highest BCUT2D eigenvalue weighted by atomic mass is 32.1. The summed E-state index contributed by atoms with van der Waals surface area (Å²) >= 11 is 5.79. The minimum Gasteiger partial charge on any atom is -0.385 e. The van der Waals surface area contributed by atoms with Gasteiger partial charge in [0.25, 0.3) is 5.69 Å². The van der Waals surface area contributed by atoms with Crippen molar-refractivity contribution in [1.29, 1.82) is 0 Å². The van der Waals surface area contributed by atoms with Gasteiger partial charge in [0.1, 0.15) is 0 Å². The Bertz CT molecular complexity index is 1340. The molecule has 0 radical (unpaired) electrons. The zero-order valence-electron chi connectivity index (χ0n) is 19.5. The van der Waals surface area contributed by atoms with Crippen LogP contribution in [0.3, 0.4) is 0 Å². The van der Waals surface area contributed by atoms with Crippen LogP contribution in [0.25, 0.3) is 5.69 Å². The van der Waals surface area contributed by atoms with Gasteiger partial charge in [-0.2, -0.15) is 0 Å². The lowest BCUT2D eigenvalue weighted by Crippen LogP contribution is -2.32. The van der Waals surface area contributed by atoms with Gasteiger partial charge in [0.05, 0.1) is 28.4 Å². The minimum atomic E-state index is -0.373. The van der Waals surface area contributed by atoms with Crippen molar-refractivity contribution in [3.05, 3.63) is 119 Å². The van der Waals surface area contributed by atoms with E-state index in [1.54, 1.807) is 18.3 Å². The van der Waals surface area contributed by atoms with Crippen molar-refractivity contribution in [3.8, 4) is 5.69 Å². The number of anilines is 1.